The van der Waals surface area contributed by atoms with Crippen molar-refractivity contribution in [2.45, 2.75) is 29.8 Å². The molecule has 0 bridgehead atoms. The summed E-state index contributed by atoms with van der Waals surface area (Å²) in [5.41, 5.74) is 0. The first kappa shape index (κ1) is 12.9. The van der Waals surface area contributed by atoms with Gasteiger partial charge in [0.15, 0.2) is 0 Å². The van der Waals surface area contributed by atoms with Crippen LogP contribution in [0.5, 0.6) is 0 Å². The molecule has 0 aromatic rings. The lowest BCUT2D eigenvalue weighted by molar-refractivity contribution is -0.138. The van der Waals surface area contributed by atoms with Crippen LogP contribution in [0.2, 0.25) is 0 Å². The predicted octanol–water partition coefficient (Wildman–Crippen LogP) is -0.131. The summed E-state index contributed by atoms with van der Waals surface area (Å²) in [6, 6.07) is -0.366. The summed E-state index contributed by atoms with van der Waals surface area (Å²) in [5.74, 6) is 0.0542. The Morgan fingerprint density at radius 1 is 1.35 bits per heavy atom. The van der Waals surface area contributed by atoms with E-state index in [9.17, 15) is 9.59 Å². The number of halogens is 2. The lowest BCUT2D eigenvalue weighted by Crippen LogP contribution is -2.66. The monoisotopic (exact) mass is 279 g/mol. The molecule has 0 aromatic carbocycles. The predicted molar refractivity (Wildman–Crippen MR) is 65.0 cm³/mol. The van der Waals surface area contributed by atoms with E-state index in [2.05, 4.69) is 10.6 Å². The zero-order valence-electron chi connectivity index (χ0n) is 9.29. The molecule has 2 unspecified atom stereocenters. The van der Waals surface area contributed by atoms with Crippen LogP contribution in [0.3, 0.4) is 0 Å². The first-order chi connectivity index (χ1) is 8.09. The van der Waals surface area contributed by atoms with Gasteiger partial charge in [0.2, 0.25) is 11.8 Å². The second kappa shape index (κ2) is 5.42. The highest BCUT2D eigenvalue weighted by molar-refractivity contribution is 6.44. The van der Waals surface area contributed by atoms with Gasteiger partial charge in [-0.05, 0) is 6.42 Å². The molecule has 2 atom stereocenters. The van der Waals surface area contributed by atoms with Gasteiger partial charge in [0.25, 0.3) is 0 Å². The van der Waals surface area contributed by atoms with Crippen LogP contribution in [0.25, 0.3) is 0 Å². The van der Waals surface area contributed by atoms with Crippen molar-refractivity contribution >= 4 is 35.0 Å². The van der Waals surface area contributed by atoms with Gasteiger partial charge in [0.1, 0.15) is 4.84 Å². The Bertz CT molecular complexity index is 325. The van der Waals surface area contributed by atoms with Gasteiger partial charge >= 0.3 is 0 Å². The van der Waals surface area contributed by atoms with Crippen molar-refractivity contribution in [2.75, 3.05) is 19.6 Å². The van der Waals surface area contributed by atoms with E-state index in [-0.39, 0.29) is 30.4 Å². The maximum absolute atomic E-state index is 11.8. The van der Waals surface area contributed by atoms with Crippen molar-refractivity contribution in [1.82, 2.24) is 15.5 Å². The maximum atomic E-state index is 11.8. The molecule has 2 amide bonds. The number of alkyl halides is 2. The highest BCUT2D eigenvalue weighted by atomic mass is 35.5. The molecule has 17 heavy (non-hydrogen) atoms. The third-order valence-electron chi connectivity index (χ3n) is 3.21. The molecule has 2 saturated heterocycles. The van der Waals surface area contributed by atoms with E-state index in [1.165, 1.54) is 0 Å². The number of amides is 2. The fourth-order valence-electron chi connectivity index (χ4n) is 2.32. The Labute approximate surface area is 110 Å². The number of carbonyl (C=O) groups is 2. The van der Waals surface area contributed by atoms with Crippen LogP contribution in [0.15, 0.2) is 0 Å². The molecule has 2 heterocycles. The number of carbonyl (C=O) groups excluding carboxylic acids is 2. The Morgan fingerprint density at radius 3 is 2.82 bits per heavy atom. The highest BCUT2D eigenvalue weighted by Gasteiger charge is 2.39. The molecule has 0 saturated carbocycles. The van der Waals surface area contributed by atoms with Crippen molar-refractivity contribution in [2.24, 2.45) is 0 Å². The summed E-state index contributed by atoms with van der Waals surface area (Å²) in [5, 5.41) is 5.82. The lowest BCUT2D eigenvalue weighted by Gasteiger charge is -2.43. The topological polar surface area (TPSA) is 61.4 Å². The SMILES string of the molecule is O=C1CCCN2C(=O)CNC(C(Cl)Cl)C2CN1. The van der Waals surface area contributed by atoms with Gasteiger partial charge in [-0.25, -0.2) is 0 Å². The fraction of sp³-hybridized carbons (Fsp3) is 0.800. The van der Waals surface area contributed by atoms with Gasteiger partial charge in [-0.3, -0.25) is 9.59 Å². The average Bonchev–Trinajstić information content (AvgIpc) is 2.25. The third-order valence-corrected chi connectivity index (χ3v) is 3.75. The quantitative estimate of drug-likeness (QED) is 0.658. The molecule has 2 rings (SSSR count). The Morgan fingerprint density at radius 2 is 2.12 bits per heavy atom. The van der Waals surface area contributed by atoms with E-state index in [0.717, 1.165) is 0 Å². The molecule has 2 fully saturated rings. The number of nitrogens with zero attached hydrogens (tertiary/aromatic N) is 1. The highest BCUT2D eigenvalue weighted by Crippen LogP contribution is 2.20. The van der Waals surface area contributed by atoms with E-state index in [1.807, 2.05) is 0 Å². The van der Waals surface area contributed by atoms with Crippen LogP contribution >= 0.6 is 23.2 Å². The Kier molecular flexibility index (Phi) is 4.12. The number of nitrogens with one attached hydrogen (secondary N) is 2. The molecule has 96 valence electrons. The Balaban J connectivity index is 2.15. The summed E-state index contributed by atoms with van der Waals surface area (Å²) >= 11 is 11.8. The van der Waals surface area contributed by atoms with Crippen molar-refractivity contribution in [1.29, 1.82) is 0 Å². The van der Waals surface area contributed by atoms with Crippen LogP contribution in [-0.2, 0) is 9.59 Å². The largest absolute Gasteiger partial charge is 0.354 e. The van der Waals surface area contributed by atoms with Crippen molar-refractivity contribution in [3.63, 3.8) is 0 Å². The maximum Gasteiger partial charge on any atom is 0.236 e. The van der Waals surface area contributed by atoms with Crippen LogP contribution in [0.1, 0.15) is 12.8 Å². The molecule has 2 aliphatic rings. The Hall–Kier alpha value is -0.520. The first-order valence-corrected chi connectivity index (χ1v) is 6.54. The molecular weight excluding hydrogens is 265 g/mol. The van der Waals surface area contributed by atoms with Gasteiger partial charge in [-0.1, -0.05) is 0 Å². The van der Waals surface area contributed by atoms with Crippen molar-refractivity contribution < 1.29 is 9.59 Å². The molecule has 7 heteroatoms. The summed E-state index contributed by atoms with van der Waals surface area (Å²) in [7, 11) is 0. The number of hydrogen-bond donors (Lipinski definition) is 2. The van der Waals surface area contributed by atoms with Gasteiger partial charge in [0.05, 0.1) is 18.6 Å². The minimum atomic E-state index is -0.605. The van der Waals surface area contributed by atoms with Crippen LogP contribution in [-0.4, -0.2) is 53.3 Å². The summed E-state index contributed by atoms with van der Waals surface area (Å²) in [4.78, 5) is 24.3. The van der Waals surface area contributed by atoms with Gasteiger partial charge in [-0.15, -0.1) is 23.2 Å². The van der Waals surface area contributed by atoms with E-state index in [1.54, 1.807) is 4.90 Å². The third kappa shape index (κ3) is 2.84. The fourth-order valence-corrected chi connectivity index (χ4v) is 2.84. The molecule has 0 spiro atoms. The van der Waals surface area contributed by atoms with E-state index in [4.69, 9.17) is 23.2 Å². The molecule has 2 aliphatic heterocycles. The zero-order valence-corrected chi connectivity index (χ0v) is 10.8. The molecule has 2 N–H and O–H groups in total. The minimum absolute atomic E-state index is 0.0158. The number of hydrogen-bond acceptors (Lipinski definition) is 3. The smallest absolute Gasteiger partial charge is 0.236 e. The average molecular weight is 280 g/mol. The molecule has 0 aliphatic carbocycles. The standard InChI is InChI=1S/C10H15Cl2N3O2/c11-10(12)9-6-4-13-7(16)2-1-3-15(6)8(17)5-14-9/h6,9-10,14H,1-5H2,(H,13,16). The van der Waals surface area contributed by atoms with E-state index in [0.29, 0.717) is 25.9 Å². The molecule has 5 nitrogen and oxygen atoms in total. The summed E-state index contributed by atoms with van der Waals surface area (Å²) in [6.07, 6.45) is 1.13. The summed E-state index contributed by atoms with van der Waals surface area (Å²) < 4.78 is 0. The normalized spacial score (nSPS) is 30.6. The minimum Gasteiger partial charge on any atom is -0.354 e. The van der Waals surface area contributed by atoms with Crippen LogP contribution in [0.4, 0.5) is 0 Å². The van der Waals surface area contributed by atoms with E-state index < -0.39 is 4.84 Å². The number of fused-ring (bicyclic) bond motifs is 1. The molecule has 0 radical (unpaired) electrons. The van der Waals surface area contributed by atoms with Crippen LogP contribution in [0, 0.1) is 0 Å². The van der Waals surface area contributed by atoms with Crippen LogP contribution < -0.4 is 10.6 Å². The first-order valence-electron chi connectivity index (χ1n) is 5.67. The second-order valence-corrected chi connectivity index (χ2v) is 5.47. The number of piperazine rings is 1. The van der Waals surface area contributed by atoms with E-state index >= 15 is 0 Å². The molecular formula is C10H15Cl2N3O2. The summed E-state index contributed by atoms with van der Waals surface area (Å²) in [6.45, 7) is 1.25. The van der Waals surface area contributed by atoms with Crippen molar-refractivity contribution in [3.8, 4) is 0 Å². The molecule has 0 aromatic heterocycles. The lowest BCUT2D eigenvalue weighted by atomic mass is 10.0. The number of rotatable bonds is 1. The second-order valence-electron chi connectivity index (χ2n) is 4.30. The van der Waals surface area contributed by atoms with Gasteiger partial charge in [0, 0.05) is 19.5 Å². The van der Waals surface area contributed by atoms with Crippen molar-refractivity contribution in [3.05, 3.63) is 0 Å². The van der Waals surface area contributed by atoms with Gasteiger partial charge in [-0.2, -0.15) is 0 Å². The zero-order chi connectivity index (χ0) is 12.4. The van der Waals surface area contributed by atoms with Gasteiger partial charge < -0.3 is 15.5 Å².